The Morgan fingerprint density at radius 2 is 2.21 bits per heavy atom. The molecule has 2 aromatic rings. The van der Waals surface area contributed by atoms with Gasteiger partial charge in [-0.2, -0.15) is 15.4 Å². The van der Waals surface area contributed by atoms with Crippen LogP contribution < -0.4 is 5.32 Å². The van der Waals surface area contributed by atoms with E-state index in [1.54, 1.807) is 6.20 Å². The lowest BCUT2D eigenvalue weighted by Crippen LogP contribution is -2.25. The molecule has 0 saturated heterocycles. The highest BCUT2D eigenvalue weighted by atomic mass is 19.1. The van der Waals surface area contributed by atoms with E-state index in [-0.39, 0.29) is 6.04 Å². The van der Waals surface area contributed by atoms with Gasteiger partial charge >= 0.3 is 0 Å². The van der Waals surface area contributed by atoms with E-state index < -0.39 is 11.6 Å². The highest BCUT2D eigenvalue weighted by Crippen LogP contribution is 2.19. The molecule has 1 aromatic heterocycles. The Balaban J connectivity index is 2.17. The maximum absolute atomic E-state index is 13.7. The number of aromatic amines is 1. The zero-order chi connectivity index (χ0) is 13.7. The zero-order valence-electron chi connectivity index (χ0n) is 10.7. The molecule has 19 heavy (non-hydrogen) atoms. The number of hydrogen-bond acceptors (Lipinski definition) is 3. The van der Waals surface area contributed by atoms with Crippen molar-refractivity contribution in [3.63, 3.8) is 0 Å². The van der Waals surface area contributed by atoms with Crippen molar-refractivity contribution < 1.29 is 8.78 Å². The van der Waals surface area contributed by atoms with E-state index in [4.69, 9.17) is 0 Å². The predicted octanol–water partition coefficient (Wildman–Crippen LogP) is 2.37. The summed E-state index contributed by atoms with van der Waals surface area (Å²) in [5.74, 6) is -0.848. The number of hydrogen-bond donors (Lipinski definition) is 2. The zero-order valence-corrected chi connectivity index (χ0v) is 10.7. The topological polar surface area (TPSA) is 53.6 Å². The molecule has 0 aliphatic heterocycles. The van der Waals surface area contributed by atoms with Gasteiger partial charge in [0, 0.05) is 0 Å². The monoisotopic (exact) mass is 266 g/mol. The Morgan fingerprint density at radius 1 is 1.37 bits per heavy atom. The molecule has 2 N–H and O–H groups in total. The first kappa shape index (κ1) is 13.6. The second-order valence-electron chi connectivity index (χ2n) is 4.34. The van der Waals surface area contributed by atoms with Gasteiger partial charge in [-0.25, -0.2) is 8.78 Å². The van der Waals surface area contributed by atoms with E-state index in [1.807, 2.05) is 6.92 Å². The van der Waals surface area contributed by atoms with E-state index in [2.05, 4.69) is 20.7 Å². The molecule has 1 unspecified atom stereocenters. The van der Waals surface area contributed by atoms with Crippen LogP contribution in [0.3, 0.4) is 0 Å². The molecule has 1 heterocycles. The van der Waals surface area contributed by atoms with Gasteiger partial charge in [0.2, 0.25) is 0 Å². The van der Waals surface area contributed by atoms with Gasteiger partial charge in [0.1, 0.15) is 11.6 Å². The lowest BCUT2D eigenvalue weighted by atomic mass is 10.0. The summed E-state index contributed by atoms with van der Waals surface area (Å²) in [4.78, 5) is 0. The van der Waals surface area contributed by atoms with Gasteiger partial charge in [0.15, 0.2) is 0 Å². The van der Waals surface area contributed by atoms with Crippen molar-refractivity contribution >= 4 is 0 Å². The fraction of sp³-hybridized carbons (Fsp3) is 0.385. The van der Waals surface area contributed by atoms with Crippen LogP contribution in [0.15, 0.2) is 24.4 Å². The maximum atomic E-state index is 13.7. The van der Waals surface area contributed by atoms with Crippen LogP contribution in [-0.2, 0) is 6.42 Å². The van der Waals surface area contributed by atoms with Crippen molar-refractivity contribution in [2.45, 2.75) is 25.8 Å². The molecule has 0 aliphatic carbocycles. The molecule has 1 aromatic carbocycles. The number of benzene rings is 1. The first-order valence-corrected chi connectivity index (χ1v) is 6.23. The van der Waals surface area contributed by atoms with Gasteiger partial charge in [-0.1, -0.05) is 6.92 Å². The van der Waals surface area contributed by atoms with Crippen molar-refractivity contribution in [3.8, 4) is 0 Å². The van der Waals surface area contributed by atoms with Crippen LogP contribution in [0, 0.1) is 11.6 Å². The van der Waals surface area contributed by atoms with Crippen molar-refractivity contribution in [2.75, 3.05) is 6.54 Å². The number of nitrogens with one attached hydrogen (secondary N) is 2. The molecule has 4 nitrogen and oxygen atoms in total. The van der Waals surface area contributed by atoms with E-state index in [9.17, 15) is 8.78 Å². The summed E-state index contributed by atoms with van der Waals surface area (Å²) in [6, 6.07) is 3.29. The highest BCUT2D eigenvalue weighted by molar-refractivity contribution is 5.21. The Hall–Kier alpha value is -1.82. The first-order valence-electron chi connectivity index (χ1n) is 6.23. The molecular weight excluding hydrogens is 250 g/mol. The van der Waals surface area contributed by atoms with Crippen molar-refractivity contribution in [1.82, 2.24) is 20.7 Å². The lowest BCUT2D eigenvalue weighted by Gasteiger charge is -2.16. The molecule has 102 valence electrons. The minimum Gasteiger partial charge on any atom is -0.308 e. The van der Waals surface area contributed by atoms with Gasteiger partial charge in [-0.15, -0.1) is 0 Å². The standard InChI is InChI=1S/C13H16F2N4/c1-2-5-16-12(13-8-17-19-18-13)7-9-6-10(14)3-4-11(9)15/h3-4,6,8,12,16H,2,5,7H2,1H3,(H,17,18,19). The molecule has 0 fully saturated rings. The molecule has 0 radical (unpaired) electrons. The molecule has 0 saturated carbocycles. The fourth-order valence-corrected chi connectivity index (χ4v) is 1.90. The lowest BCUT2D eigenvalue weighted by molar-refractivity contribution is 0.499. The first-order chi connectivity index (χ1) is 9.20. The van der Waals surface area contributed by atoms with Gasteiger partial charge in [-0.3, -0.25) is 0 Å². The van der Waals surface area contributed by atoms with Crippen molar-refractivity contribution in [1.29, 1.82) is 0 Å². The fourth-order valence-electron chi connectivity index (χ4n) is 1.90. The van der Waals surface area contributed by atoms with E-state index in [1.165, 1.54) is 6.07 Å². The van der Waals surface area contributed by atoms with Crippen molar-refractivity contribution in [2.24, 2.45) is 0 Å². The number of aromatic nitrogens is 3. The summed E-state index contributed by atoms with van der Waals surface area (Å²) in [6.45, 7) is 2.81. The maximum Gasteiger partial charge on any atom is 0.126 e. The third-order valence-corrected chi connectivity index (χ3v) is 2.86. The minimum absolute atomic E-state index is 0.185. The quantitative estimate of drug-likeness (QED) is 0.844. The van der Waals surface area contributed by atoms with Crippen molar-refractivity contribution in [3.05, 3.63) is 47.3 Å². The Kier molecular flexibility index (Phi) is 4.57. The Morgan fingerprint density at radius 3 is 2.89 bits per heavy atom. The van der Waals surface area contributed by atoms with Crippen LogP contribution in [0.5, 0.6) is 0 Å². The highest BCUT2D eigenvalue weighted by Gasteiger charge is 2.16. The third kappa shape index (κ3) is 3.57. The summed E-state index contributed by atoms with van der Waals surface area (Å²) in [5.41, 5.74) is 1.02. The smallest absolute Gasteiger partial charge is 0.126 e. The van der Waals surface area contributed by atoms with Crippen LogP contribution in [0.1, 0.15) is 30.6 Å². The Labute approximate surface area is 110 Å². The van der Waals surface area contributed by atoms with Crippen LogP contribution in [-0.4, -0.2) is 22.0 Å². The van der Waals surface area contributed by atoms with Crippen LogP contribution >= 0.6 is 0 Å². The van der Waals surface area contributed by atoms with E-state index in [0.29, 0.717) is 17.7 Å². The third-order valence-electron chi connectivity index (χ3n) is 2.86. The molecule has 0 aliphatic rings. The summed E-state index contributed by atoms with van der Waals surface area (Å²) in [6.07, 6.45) is 2.86. The molecule has 0 spiro atoms. The molecular formula is C13H16F2N4. The SMILES string of the molecule is CCCNC(Cc1cc(F)ccc1F)c1cn[nH]n1. The van der Waals surface area contributed by atoms with Gasteiger partial charge in [0.05, 0.1) is 17.9 Å². The summed E-state index contributed by atoms with van der Waals surface area (Å²) >= 11 is 0. The van der Waals surface area contributed by atoms with E-state index in [0.717, 1.165) is 25.1 Å². The second-order valence-corrected chi connectivity index (χ2v) is 4.34. The average molecular weight is 266 g/mol. The minimum atomic E-state index is -0.439. The number of nitrogens with zero attached hydrogens (tertiary/aromatic N) is 2. The van der Waals surface area contributed by atoms with Gasteiger partial charge < -0.3 is 5.32 Å². The number of rotatable bonds is 6. The molecule has 0 amide bonds. The van der Waals surface area contributed by atoms with Gasteiger partial charge in [0.25, 0.3) is 0 Å². The molecule has 0 bridgehead atoms. The molecule has 1 atom stereocenters. The Bertz CT molecular complexity index is 513. The van der Waals surface area contributed by atoms with Crippen LogP contribution in [0.25, 0.3) is 0 Å². The number of halogens is 2. The molecule has 6 heteroatoms. The summed E-state index contributed by atoms with van der Waals surface area (Å²) < 4.78 is 26.8. The average Bonchev–Trinajstić information content (AvgIpc) is 2.92. The van der Waals surface area contributed by atoms with Gasteiger partial charge in [-0.05, 0) is 43.1 Å². The van der Waals surface area contributed by atoms with Crippen LogP contribution in [0.4, 0.5) is 8.78 Å². The van der Waals surface area contributed by atoms with E-state index >= 15 is 0 Å². The predicted molar refractivity (Wildman–Crippen MR) is 67.5 cm³/mol. The second kappa shape index (κ2) is 6.38. The molecule has 2 rings (SSSR count). The largest absolute Gasteiger partial charge is 0.308 e. The summed E-state index contributed by atoms with van der Waals surface area (Å²) in [7, 11) is 0. The van der Waals surface area contributed by atoms with Crippen LogP contribution in [0.2, 0.25) is 0 Å². The normalized spacial score (nSPS) is 12.6. The number of H-pyrrole nitrogens is 1. The summed E-state index contributed by atoms with van der Waals surface area (Å²) in [5, 5.41) is 13.5.